The number of rotatable bonds is 6. The standard InChI is InChI=1S/C16H28N2O4/c1-5-8-17(11-14(20)21)15(22)12-7-6-9-18(12)13(19)10-16(2,3)4/h12H,5-11H2,1-4H3,(H,20,21). The van der Waals surface area contributed by atoms with E-state index in [-0.39, 0.29) is 23.8 Å². The maximum atomic E-state index is 12.6. The first-order valence-corrected chi connectivity index (χ1v) is 7.95. The molecule has 0 aromatic heterocycles. The molecule has 1 fully saturated rings. The molecule has 1 heterocycles. The Morgan fingerprint density at radius 3 is 2.41 bits per heavy atom. The van der Waals surface area contributed by atoms with E-state index in [1.54, 1.807) is 4.90 Å². The first-order chi connectivity index (χ1) is 10.2. The van der Waals surface area contributed by atoms with Crippen LogP contribution >= 0.6 is 0 Å². The third kappa shape index (κ3) is 5.31. The molecular formula is C16H28N2O4. The fourth-order valence-electron chi connectivity index (χ4n) is 2.79. The van der Waals surface area contributed by atoms with Crippen molar-refractivity contribution in [2.45, 2.75) is 59.4 Å². The molecule has 1 saturated heterocycles. The Bertz CT molecular complexity index is 428. The number of nitrogens with zero attached hydrogens (tertiary/aromatic N) is 2. The lowest BCUT2D eigenvalue weighted by molar-refractivity contribution is -0.149. The van der Waals surface area contributed by atoms with E-state index < -0.39 is 12.0 Å². The quantitative estimate of drug-likeness (QED) is 0.810. The van der Waals surface area contributed by atoms with Crippen LogP contribution in [0.15, 0.2) is 0 Å². The largest absolute Gasteiger partial charge is 0.480 e. The van der Waals surface area contributed by atoms with E-state index in [0.717, 1.165) is 6.42 Å². The van der Waals surface area contributed by atoms with Gasteiger partial charge in [0.1, 0.15) is 12.6 Å². The van der Waals surface area contributed by atoms with Crippen LogP contribution in [-0.2, 0) is 14.4 Å². The summed E-state index contributed by atoms with van der Waals surface area (Å²) in [7, 11) is 0. The van der Waals surface area contributed by atoms with Crippen molar-refractivity contribution in [3.8, 4) is 0 Å². The SMILES string of the molecule is CCCN(CC(=O)O)C(=O)C1CCCN1C(=O)CC(C)(C)C. The molecule has 6 nitrogen and oxygen atoms in total. The first kappa shape index (κ1) is 18.5. The molecule has 1 aliphatic rings. The summed E-state index contributed by atoms with van der Waals surface area (Å²) >= 11 is 0. The van der Waals surface area contributed by atoms with E-state index in [1.807, 2.05) is 27.7 Å². The van der Waals surface area contributed by atoms with Gasteiger partial charge in [0.25, 0.3) is 0 Å². The van der Waals surface area contributed by atoms with E-state index >= 15 is 0 Å². The van der Waals surface area contributed by atoms with Crippen molar-refractivity contribution in [2.75, 3.05) is 19.6 Å². The van der Waals surface area contributed by atoms with E-state index in [1.165, 1.54) is 4.90 Å². The summed E-state index contributed by atoms with van der Waals surface area (Å²) in [5.41, 5.74) is -0.128. The summed E-state index contributed by atoms with van der Waals surface area (Å²) in [6, 6.07) is -0.499. The lowest BCUT2D eigenvalue weighted by atomic mass is 9.91. The molecule has 0 aliphatic carbocycles. The van der Waals surface area contributed by atoms with Crippen molar-refractivity contribution in [3.05, 3.63) is 0 Å². The normalized spacial score (nSPS) is 18.4. The highest BCUT2D eigenvalue weighted by Crippen LogP contribution is 2.25. The minimum absolute atomic E-state index is 0.0184. The molecule has 1 aliphatic heterocycles. The Hall–Kier alpha value is -1.59. The van der Waals surface area contributed by atoms with E-state index in [9.17, 15) is 14.4 Å². The molecule has 1 atom stereocenters. The van der Waals surface area contributed by atoms with Crippen LogP contribution in [0.2, 0.25) is 0 Å². The van der Waals surface area contributed by atoms with E-state index in [0.29, 0.717) is 32.4 Å². The highest BCUT2D eigenvalue weighted by Gasteiger charge is 2.37. The van der Waals surface area contributed by atoms with Gasteiger partial charge in [0, 0.05) is 19.5 Å². The zero-order valence-electron chi connectivity index (χ0n) is 14.1. The van der Waals surface area contributed by atoms with Crippen molar-refractivity contribution in [3.63, 3.8) is 0 Å². The third-order valence-corrected chi connectivity index (χ3v) is 3.67. The van der Waals surface area contributed by atoms with Gasteiger partial charge in [0.05, 0.1) is 0 Å². The topological polar surface area (TPSA) is 77.9 Å². The molecule has 0 aromatic rings. The number of carbonyl (C=O) groups excluding carboxylic acids is 2. The Morgan fingerprint density at radius 2 is 1.91 bits per heavy atom. The molecule has 0 radical (unpaired) electrons. The average Bonchev–Trinajstić information content (AvgIpc) is 2.84. The molecule has 1 N–H and O–H groups in total. The van der Waals surface area contributed by atoms with Crippen LogP contribution in [0, 0.1) is 5.41 Å². The maximum absolute atomic E-state index is 12.6. The number of carboxylic acid groups (broad SMARTS) is 1. The number of carbonyl (C=O) groups is 3. The van der Waals surface area contributed by atoms with Crippen molar-refractivity contribution in [1.29, 1.82) is 0 Å². The van der Waals surface area contributed by atoms with Crippen LogP contribution in [0.5, 0.6) is 0 Å². The van der Waals surface area contributed by atoms with Crippen LogP contribution in [0.1, 0.15) is 53.4 Å². The number of aliphatic carboxylic acids is 1. The summed E-state index contributed by atoms with van der Waals surface area (Å²) < 4.78 is 0. The molecule has 0 aromatic carbocycles. The molecule has 1 unspecified atom stereocenters. The highest BCUT2D eigenvalue weighted by atomic mass is 16.4. The van der Waals surface area contributed by atoms with Gasteiger partial charge >= 0.3 is 5.97 Å². The molecule has 0 spiro atoms. The highest BCUT2D eigenvalue weighted by molar-refractivity contribution is 5.90. The van der Waals surface area contributed by atoms with Gasteiger partial charge in [0.2, 0.25) is 11.8 Å². The molecule has 6 heteroatoms. The average molecular weight is 312 g/mol. The van der Waals surface area contributed by atoms with Crippen LogP contribution in [0.4, 0.5) is 0 Å². The van der Waals surface area contributed by atoms with Crippen molar-refractivity contribution in [1.82, 2.24) is 9.80 Å². The van der Waals surface area contributed by atoms with Gasteiger partial charge in [0.15, 0.2) is 0 Å². The van der Waals surface area contributed by atoms with Crippen LogP contribution in [0.3, 0.4) is 0 Å². The Kier molecular flexibility index (Phi) is 6.38. The Balaban J connectivity index is 2.81. The van der Waals surface area contributed by atoms with E-state index in [2.05, 4.69) is 0 Å². The Labute approximate surface area is 132 Å². The number of hydrogen-bond acceptors (Lipinski definition) is 3. The van der Waals surface area contributed by atoms with Crippen LogP contribution < -0.4 is 0 Å². The van der Waals surface area contributed by atoms with Crippen LogP contribution in [0.25, 0.3) is 0 Å². The van der Waals surface area contributed by atoms with Crippen LogP contribution in [-0.4, -0.2) is 58.4 Å². The van der Waals surface area contributed by atoms with Gasteiger partial charge < -0.3 is 14.9 Å². The lowest BCUT2D eigenvalue weighted by Gasteiger charge is -2.31. The molecule has 1 rings (SSSR count). The summed E-state index contributed by atoms with van der Waals surface area (Å²) in [6.07, 6.45) is 2.50. The minimum Gasteiger partial charge on any atom is -0.480 e. The first-order valence-electron chi connectivity index (χ1n) is 7.95. The summed E-state index contributed by atoms with van der Waals surface area (Å²) in [5.74, 6) is -1.27. The fourth-order valence-corrected chi connectivity index (χ4v) is 2.79. The maximum Gasteiger partial charge on any atom is 0.323 e. The van der Waals surface area contributed by atoms with Gasteiger partial charge in [-0.25, -0.2) is 0 Å². The van der Waals surface area contributed by atoms with Crippen molar-refractivity contribution < 1.29 is 19.5 Å². The predicted octanol–water partition coefficient (Wildman–Crippen LogP) is 1.74. The zero-order chi connectivity index (χ0) is 16.9. The molecule has 126 valence electrons. The molecule has 0 bridgehead atoms. The second-order valence-corrected chi connectivity index (χ2v) is 7.14. The number of amides is 2. The second-order valence-electron chi connectivity index (χ2n) is 7.14. The summed E-state index contributed by atoms with van der Waals surface area (Å²) in [6.45, 7) is 8.56. The van der Waals surface area contributed by atoms with E-state index in [4.69, 9.17) is 5.11 Å². The minimum atomic E-state index is -1.02. The smallest absolute Gasteiger partial charge is 0.323 e. The van der Waals surface area contributed by atoms with Crippen molar-refractivity contribution in [2.24, 2.45) is 5.41 Å². The van der Waals surface area contributed by atoms with Gasteiger partial charge in [-0.1, -0.05) is 27.7 Å². The third-order valence-electron chi connectivity index (χ3n) is 3.67. The van der Waals surface area contributed by atoms with Gasteiger partial charge in [-0.05, 0) is 24.7 Å². The number of hydrogen-bond donors (Lipinski definition) is 1. The molecule has 2 amide bonds. The predicted molar refractivity (Wildman–Crippen MR) is 83.3 cm³/mol. The second kappa shape index (κ2) is 7.61. The zero-order valence-corrected chi connectivity index (χ0v) is 14.1. The van der Waals surface area contributed by atoms with Gasteiger partial charge in [-0.2, -0.15) is 0 Å². The lowest BCUT2D eigenvalue weighted by Crippen LogP contribution is -2.49. The summed E-state index contributed by atoms with van der Waals surface area (Å²) in [4.78, 5) is 39.0. The van der Waals surface area contributed by atoms with Crippen molar-refractivity contribution >= 4 is 17.8 Å². The number of carboxylic acids is 1. The molecule has 0 saturated carbocycles. The Morgan fingerprint density at radius 1 is 1.27 bits per heavy atom. The fraction of sp³-hybridized carbons (Fsp3) is 0.812. The monoisotopic (exact) mass is 312 g/mol. The van der Waals surface area contributed by atoms with Gasteiger partial charge in [-0.3, -0.25) is 14.4 Å². The molecular weight excluding hydrogens is 284 g/mol. The van der Waals surface area contributed by atoms with Gasteiger partial charge in [-0.15, -0.1) is 0 Å². The number of likely N-dealkylation sites (tertiary alicyclic amines) is 1. The summed E-state index contributed by atoms with van der Waals surface area (Å²) in [5, 5.41) is 8.96. The molecule has 22 heavy (non-hydrogen) atoms.